The summed E-state index contributed by atoms with van der Waals surface area (Å²) >= 11 is 13.5. The Morgan fingerprint density at radius 3 is 2.56 bits per heavy atom. The van der Waals surface area contributed by atoms with E-state index in [0.717, 1.165) is 22.1 Å². The van der Waals surface area contributed by atoms with Gasteiger partial charge in [-0.05, 0) is 18.2 Å². The first-order valence-electron chi connectivity index (χ1n) is 10.7. The standard InChI is InChI=1S/C21H30Cl2N4O6S2Si/c1-31-20-19(25-11-17(26-20)34-12-15(24)21(28)32-2)27(13-33-9-10-36(3,4)5)35(29,30)16-8-6-7-14(22)18(16)23/h6-8,11,15H,9-10,12-13,24H2,1-5H3/t15-/m1/s1. The smallest absolute Gasteiger partial charge is 0.323 e. The Kier molecular flexibility index (Phi) is 11.3. The molecule has 1 aromatic carbocycles. The van der Waals surface area contributed by atoms with Crippen molar-refractivity contribution in [3.8, 4) is 5.88 Å². The summed E-state index contributed by atoms with van der Waals surface area (Å²) in [4.78, 5) is 20.0. The Hall–Kier alpha value is -1.61. The number of nitrogens with two attached hydrogens (primary N) is 1. The number of sulfonamides is 1. The molecule has 0 saturated carbocycles. The summed E-state index contributed by atoms with van der Waals surface area (Å²) in [5, 5.41) is 0.332. The van der Waals surface area contributed by atoms with Gasteiger partial charge in [0.15, 0.2) is 0 Å². The number of nitrogens with zero attached hydrogens (tertiary/aromatic N) is 3. The molecule has 0 spiro atoms. The molecule has 0 aliphatic rings. The second-order valence-corrected chi connectivity index (χ2v) is 18.0. The quantitative estimate of drug-likeness (QED) is 0.119. The average molecular weight is 598 g/mol. The van der Waals surface area contributed by atoms with Gasteiger partial charge in [0.25, 0.3) is 15.9 Å². The van der Waals surface area contributed by atoms with Crippen LogP contribution in [0, 0.1) is 0 Å². The van der Waals surface area contributed by atoms with Crippen molar-refractivity contribution in [2.45, 2.75) is 41.6 Å². The highest BCUT2D eigenvalue weighted by Gasteiger charge is 2.32. The molecule has 15 heteroatoms. The fourth-order valence-electron chi connectivity index (χ4n) is 2.69. The normalized spacial score (nSPS) is 12.8. The number of anilines is 1. The maximum absolute atomic E-state index is 13.7. The lowest BCUT2D eigenvalue weighted by Crippen LogP contribution is -2.35. The fourth-order valence-corrected chi connectivity index (χ4v) is 6.25. The van der Waals surface area contributed by atoms with Crippen molar-refractivity contribution in [1.29, 1.82) is 0 Å². The van der Waals surface area contributed by atoms with Gasteiger partial charge in [0, 0.05) is 20.4 Å². The first-order valence-corrected chi connectivity index (χ1v) is 17.6. The van der Waals surface area contributed by atoms with Crippen molar-refractivity contribution in [3.63, 3.8) is 0 Å². The van der Waals surface area contributed by atoms with Crippen LogP contribution in [0.4, 0.5) is 5.82 Å². The van der Waals surface area contributed by atoms with Crippen molar-refractivity contribution < 1.29 is 27.4 Å². The molecular formula is C21H30Cl2N4O6S2Si. The lowest BCUT2D eigenvalue weighted by molar-refractivity contribution is -0.141. The summed E-state index contributed by atoms with van der Waals surface area (Å²) in [6, 6.07) is 4.28. The largest absolute Gasteiger partial charge is 0.478 e. The second-order valence-electron chi connectivity index (χ2n) is 8.74. The Morgan fingerprint density at radius 2 is 1.94 bits per heavy atom. The van der Waals surface area contributed by atoms with Gasteiger partial charge in [0.05, 0.1) is 30.5 Å². The Morgan fingerprint density at radius 1 is 1.25 bits per heavy atom. The first-order chi connectivity index (χ1) is 16.8. The predicted octanol–water partition coefficient (Wildman–Crippen LogP) is 3.89. The summed E-state index contributed by atoms with van der Waals surface area (Å²) in [6.07, 6.45) is 1.36. The van der Waals surface area contributed by atoms with E-state index in [1.165, 1.54) is 38.6 Å². The third-order valence-corrected chi connectivity index (χ3v) is 10.1. The number of aromatic nitrogens is 2. The van der Waals surface area contributed by atoms with Crippen LogP contribution >= 0.6 is 35.0 Å². The van der Waals surface area contributed by atoms with Gasteiger partial charge >= 0.3 is 5.97 Å². The molecule has 0 fully saturated rings. The topological polar surface area (TPSA) is 134 Å². The molecule has 0 saturated heterocycles. The van der Waals surface area contributed by atoms with Crippen molar-refractivity contribution in [3.05, 3.63) is 34.4 Å². The molecule has 0 bridgehead atoms. The summed E-state index contributed by atoms with van der Waals surface area (Å²) in [7, 11) is -3.11. The summed E-state index contributed by atoms with van der Waals surface area (Å²) in [6.45, 7) is 6.58. The molecule has 200 valence electrons. The van der Waals surface area contributed by atoms with Gasteiger partial charge in [-0.2, -0.15) is 0 Å². The van der Waals surface area contributed by atoms with E-state index in [0.29, 0.717) is 11.6 Å². The van der Waals surface area contributed by atoms with Crippen LogP contribution in [0.15, 0.2) is 34.3 Å². The van der Waals surface area contributed by atoms with Gasteiger partial charge < -0.3 is 19.9 Å². The zero-order valence-electron chi connectivity index (χ0n) is 20.7. The number of thioether (sulfide) groups is 1. The molecule has 2 rings (SSSR count). The average Bonchev–Trinajstić information content (AvgIpc) is 2.82. The van der Waals surface area contributed by atoms with Crippen molar-refractivity contribution in [1.82, 2.24) is 9.97 Å². The minimum absolute atomic E-state index is 0.0674. The molecule has 0 aliphatic carbocycles. The van der Waals surface area contributed by atoms with Crippen molar-refractivity contribution >= 4 is 64.8 Å². The number of hydrogen-bond acceptors (Lipinski definition) is 10. The van der Waals surface area contributed by atoms with E-state index in [9.17, 15) is 13.2 Å². The molecule has 1 heterocycles. The van der Waals surface area contributed by atoms with Gasteiger partial charge in [0.2, 0.25) is 5.82 Å². The van der Waals surface area contributed by atoms with Crippen LogP contribution in [0.5, 0.6) is 5.88 Å². The summed E-state index contributed by atoms with van der Waals surface area (Å²) < 4.78 is 44.1. The number of hydrogen-bond donors (Lipinski definition) is 1. The van der Waals surface area contributed by atoms with E-state index in [1.54, 1.807) is 0 Å². The second kappa shape index (κ2) is 13.3. The lowest BCUT2D eigenvalue weighted by Gasteiger charge is -2.25. The van der Waals surface area contributed by atoms with E-state index in [2.05, 4.69) is 34.3 Å². The van der Waals surface area contributed by atoms with Crippen LogP contribution in [0.3, 0.4) is 0 Å². The maximum Gasteiger partial charge on any atom is 0.323 e. The van der Waals surface area contributed by atoms with Gasteiger partial charge in [0.1, 0.15) is 22.7 Å². The molecule has 0 aliphatic heterocycles. The fraction of sp³-hybridized carbons (Fsp3) is 0.476. The number of carbonyl (C=O) groups is 1. The SMILES string of the molecule is COC(=O)[C@H](N)CSc1cnc(N(COCC[Si](C)(C)C)S(=O)(=O)c2cccc(Cl)c2Cl)c(OC)n1. The first kappa shape index (κ1) is 30.6. The highest BCUT2D eigenvalue weighted by Crippen LogP contribution is 2.35. The van der Waals surface area contributed by atoms with Crippen LogP contribution in [0.25, 0.3) is 0 Å². The highest BCUT2D eigenvalue weighted by atomic mass is 35.5. The van der Waals surface area contributed by atoms with E-state index >= 15 is 0 Å². The number of benzene rings is 1. The third kappa shape index (κ3) is 8.20. The molecule has 1 aromatic heterocycles. The number of rotatable bonds is 13. The molecule has 2 N–H and O–H groups in total. The third-order valence-electron chi connectivity index (χ3n) is 4.73. The number of halogens is 2. The Bertz CT molecular complexity index is 1170. The van der Waals surface area contributed by atoms with Gasteiger partial charge in [-0.1, -0.05) is 48.9 Å². The molecule has 2 aromatic rings. The van der Waals surface area contributed by atoms with Gasteiger partial charge in [-0.25, -0.2) is 22.7 Å². The van der Waals surface area contributed by atoms with E-state index in [-0.39, 0.29) is 39.1 Å². The Balaban J connectivity index is 2.43. The molecule has 1 atom stereocenters. The monoisotopic (exact) mass is 596 g/mol. The zero-order valence-corrected chi connectivity index (χ0v) is 24.8. The maximum atomic E-state index is 13.7. The highest BCUT2D eigenvalue weighted by molar-refractivity contribution is 7.99. The minimum atomic E-state index is -4.28. The molecule has 0 unspecified atom stereocenters. The minimum Gasteiger partial charge on any atom is -0.478 e. The van der Waals surface area contributed by atoms with Crippen LogP contribution in [-0.2, 0) is 24.3 Å². The van der Waals surface area contributed by atoms with Gasteiger partial charge in [-0.15, -0.1) is 11.8 Å². The van der Waals surface area contributed by atoms with Crippen LogP contribution in [0.1, 0.15) is 0 Å². The molecular weight excluding hydrogens is 567 g/mol. The Labute approximate surface area is 226 Å². The van der Waals surface area contributed by atoms with Crippen LogP contribution in [-0.4, -0.2) is 71.8 Å². The summed E-state index contributed by atoms with van der Waals surface area (Å²) in [5.41, 5.74) is 5.77. The predicted molar refractivity (Wildman–Crippen MR) is 144 cm³/mol. The molecule has 0 radical (unpaired) electrons. The van der Waals surface area contributed by atoms with E-state index in [1.807, 2.05) is 0 Å². The van der Waals surface area contributed by atoms with E-state index < -0.39 is 30.1 Å². The lowest BCUT2D eigenvalue weighted by atomic mass is 10.4. The number of carbonyl (C=O) groups excluding carboxylic acids is 1. The number of ether oxygens (including phenoxy) is 3. The van der Waals surface area contributed by atoms with E-state index in [4.69, 9.17) is 38.4 Å². The van der Waals surface area contributed by atoms with Crippen LogP contribution in [0.2, 0.25) is 35.7 Å². The molecule has 36 heavy (non-hydrogen) atoms. The summed E-state index contributed by atoms with van der Waals surface area (Å²) in [5.74, 6) is -0.556. The van der Waals surface area contributed by atoms with Crippen molar-refractivity contribution in [2.24, 2.45) is 5.73 Å². The van der Waals surface area contributed by atoms with Gasteiger partial charge in [-0.3, -0.25) is 4.79 Å². The number of methoxy groups -OCH3 is 2. The van der Waals surface area contributed by atoms with Crippen LogP contribution < -0.4 is 14.8 Å². The zero-order chi connectivity index (χ0) is 27.1. The molecule has 10 nitrogen and oxygen atoms in total. The molecule has 0 amide bonds. The van der Waals surface area contributed by atoms with Crippen molar-refractivity contribution in [2.75, 3.05) is 37.6 Å². The number of esters is 1.